The molecule has 1 aromatic heterocycles. The van der Waals surface area contributed by atoms with Crippen molar-refractivity contribution in [1.82, 2.24) is 15.6 Å². The number of ether oxygens (including phenoxy) is 2. The molecule has 7 heteroatoms. The monoisotopic (exact) mass is 524 g/mol. The van der Waals surface area contributed by atoms with Crippen molar-refractivity contribution in [3.8, 4) is 11.5 Å². The second-order valence-electron chi connectivity index (χ2n) is 7.51. The topological polar surface area (TPSA) is 67.8 Å². The molecule has 1 aromatic carbocycles. The Labute approximate surface area is 196 Å². The van der Waals surface area contributed by atoms with Gasteiger partial charge in [-0.1, -0.05) is 31.4 Å². The molecule has 0 saturated heterocycles. The third-order valence-electron chi connectivity index (χ3n) is 5.79. The number of nitrogens with zero attached hydrogens (tertiary/aromatic N) is 2. The molecule has 30 heavy (non-hydrogen) atoms. The summed E-state index contributed by atoms with van der Waals surface area (Å²) in [5.74, 6) is 2.34. The van der Waals surface area contributed by atoms with Crippen LogP contribution >= 0.6 is 24.0 Å². The van der Waals surface area contributed by atoms with Gasteiger partial charge in [0.15, 0.2) is 17.5 Å². The van der Waals surface area contributed by atoms with Crippen LogP contribution < -0.4 is 20.1 Å². The molecule has 1 saturated carbocycles. The van der Waals surface area contributed by atoms with Crippen LogP contribution in [-0.2, 0) is 12.0 Å². The highest BCUT2D eigenvalue weighted by molar-refractivity contribution is 14.0. The predicted octanol–water partition coefficient (Wildman–Crippen LogP) is 4.28. The highest BCUT2D eigenvalue weighted by Crippen LogP contribution is 2.42. The van der Waals surface area contributed by atoms with Crippen LogP contribution in [0.4, 0.5) is 0 Å². The standard InChI is InChI=1S/C23H32N4O2.HI/c1-24-22(26-16-19-9-5-8-14-25-19)27-17-23(12-6-4-7-13-23)18-10-11-20(28-2)21(15-18)29-3;/h5,8-11,14-15H,4,6-7,12-13,16-17H2,1-3H3,(H2,24,26,27);1H. The first-order valence-corrected chi connectivity index (χ1v) is 10.3. The second-order valence-corrected chi connectivity index (χ2v) is 7.51. The number of methoxy groups -OCH3 is 2. The summed E-state index contributed by atoms with van der Waals surface area (Å²) in [5.41, 5.74) is 2.34. The van der Waals surface area contributed by atoms with Crippen molar-refractivity contribution in [1.29, 1.82) is 0 Å². The van der Waals surface area contributed by atoms with Gasteiger partial charge < -0.3 is 20.1 Å². The molecule has 1 heterocycles. The van der Waals surface area contributed by atoms with E-state index in [-0.39, 0.29) is 29.4 Å². The van der Waals surface area contributed by atoms with E-state index in [4.69, 9.17) is 9.47 Å². The van der Waals surface area contributed by atoms with Gasteiger partial charge in [-0.15, -0.1) is 24.0 Å². The molecule has 3 rings (SSSR count). The molecular weight excluding hydrogens is 491 g/mol. The molecule has 0 spiro atoms. The maximum atomic E-state index is 5.56. The van der Waals surface area contributed by atoms with Crippen LogP contribution in [0.25, 0.3) is 0 Å². The molecule has 1 aliphatic carbocycles. The lowest BCUT2D eigenvalue weighted by Crippen LogP contribution is -2.46. The molecule has 2 aromatic rings. The van der Waals surface area contributed by atoms with Gasteiger partial charge in [-0.3, -0.25) is 9.98 Å². The van der Waals surface area contributed by atoms with Crippen molar-refractivity contribution < 1.29 is 9.47 Å². The van der Waals surface area contributed by atoms with Gasteiger partial charge in [0, 0.05) is 25.2 Å². The Morgan fingerprint density at radius 2 is 1.80 bits per heavy atom. The molecule has 1 fully saturated rings. The normalized spacial score (nSPS) is 15.6. The van der Waals surface area contributed by atoms with Crippen LogP contribution in [0, 0.1) is 0 Å². The fourth-order valence-electron chi connectivity index (χ4n) is 4.11. The van der Waals surface area contributed by atoms with E-state index in [0.717, 1.165) is 42.5 Å². The summed E-state index contributed by atoms with van der Waals surface area (Å²) < 4.78 is 11.0. The zero-order valence-corrected chi connectivity index (χ0v) is 20.4. The van der Waals surface area contributed by atoms with E-state index in [9.17, 15) is 0 Å². The molecule has 6 nitrogen and oxygen atoms in total. The van der Waals surface area contributed by atoms with Crippen molar-refractivity contribution >= 4 is 29.9 Å². The zero-order chi connectivity index (χ0) is 20.5. The number of aliphatic imine (C=N–C) groups is 1. The molecule has 0 amide bonds. The molecule has 1 aliphatic rings. The summed E-state index contributed by atoms with van der Waals surface area (Å²) in [5, 5.41) is 6.92. The second kappa shape index (κ2) is 12.0. The minimum atomic E-state index is 0. The quantitative estimate of drug-likeness (QED) is 0.322. The van der Waals surface area contributed by atoms with Gasteiger partial charge in [-0.25, -0.2) is 0 Å². The smallest absolute Gasteiger partial charge is 0.191 e. The summed E-state index contributed by atoms with van der Waals surface area (Å²) in [6, 6.07) is 12.3. The molecule has 0 radical (unpaired) electrons. The molecule has 0 aliphatic heterocycles. The number of guanidine groups is 1. The fraction of sp³-hybridized carbons (Fsp3) is 0.478. The van der Waals surface area contributed by atoms with E-state index in [2.05, 4.69) is 32.7 Å². The summed E-state index contributed by atoms with van der Waals surface area (Å²) in [4.78, 5) is 8.76. The van der Waals surface area contributed by atoms with Crippen LogP contribution in [0.2, 0.25) is 0 Å². The molecule has 164 valence electrons. The average molecular weight is 524 g/mol. The third-order valence-corrected chi connectivity index (χ3v) is 5.79. The van der Waals surface area contributed by atoms with Crippen molar-refractivity contribution in [2.45, 2.75) is 44.1 Å². The van der Waals surface area contributed by atoms with Gasteiger partial charge in [0.2, 0.25) is 0 Å². The van der Waals surface area contributed by atoms with Gasteiger partial charge in [-0.2, -0.15) is 0 Å². The maximum Gasteiger partial charge on any atom is 0.191 e. The van der Waals surface area contributed by atoms with Crippen LogP contribution in [0.1, 0.15) is 43.4 Å². The Balaban J connectivity index is 0.00000320. The van der Waals surface area contributed by atoms with Gasteiger partial charge in [0.25, 0.3) is 0 Å². The number of rotatable bonds is 7. The van der Waals surface area contributed by atoms with E-state index >= 15 is 0 Å². The lowest BCUT2D eigenvalue weighted by atomic mass is 9.69. The molecule has 0 bridgehead atoms. The number of hydrogen-bond donors (Lipinski definition) is 2. The van der Waals surface area contributed by atoms with Crippen LogP contribution in [0.15, 0.2) is 47.6 Å². The summed E-state index contributed by atoms with van der Waals surface area (Å²) in [7, 11) is 5.17. The number of benzene rings is 1. The van der Waals surface area contributed by atoms with Crippen molar-refractivity contribution in [2.75, 3.05) is 27.8 Å². The molecular formula is C23H33IN4O2. The lowest BCUT2D eigenvalue weighted by Gasteiger charge is -2.38. The molecule has 0 unspecified atom stereocenters. The van der Waals surface area contributed by atoms with Crippen molar-refractivity contribution in [3.05, 3.63) is 53.9 Å². The Morgan fingerprint density at radius 1 is 1.03 bits per heavy atom. The van der Waals surface area contributed by atoms with Crippen LogP contribution in [0.3, 0.4) is 0 Å². The van der Waals surface area contributed by atoms with Crippen molar-refractivity contribution in [3.63, 3.8) is 0 Å². The number of pyridine rings is 1. The number of nitrogens with one attached hydrogen (secondary N) is 2. The number of hydrogen-bond acceptors (Lipinski definition) is 4. The van der Waals surface area contributed by atoms with E-state index in [1.807, 2.05) is 24.3 Å². The first-order chi connectivity index (χ1) is 14.2. The Hall–Kier alpha value is -2.03. The minimum Gasteiger partial charge on any atom is -0.493 e. The Kier molecular flexibility index (Phi) is 9.68. The number of halogens is 1. The summed E-state index contributed by atoms with van der Waals surface area (Å²) in [6.07, 6.45) is 7.86. The SMILES string of the molecule is CN=C(NCc1ccccn1)NCC1(c2ccc(OC)c(OC)c2)CCCCC1.I. The van der Waals surface area contributed by atoms with Crippen LogP contribution in [0.5, 0.6) is 11.5 Å². The average Bonchev–Trinajstić information content (AvgIpc) is 2.80. The molecule has 0 atom stereocenters. The highest BCUT2D eigenvalue weighted by Gasteiger charge is 2.34. The minimum absolute atomic E-state index is 0. The predicted molar refractivity (Wildman–Crippen MR) is 132 cm³/mol. The third kappa shape index (κ3) is 6.00. The van der Waals surface area contributed by atoms with Gasteiger partial charge in [0.05, 0.1) is 26.5 Å². The first-order valence-electron chi connectivity index (χ1n) is 10.3. The molecule has 2 N–H and O–H groups in total. The van der Waals surface area contributed by atoms with Gasteiger partial charge in [-0.05, 0) is 42.7 Å². The van der Waals surface area contributed by atoms with Gasteiger partial charge in [0.1, 0.15) is 0 Å². The Morgan fingerprint density at radius 3 is 2.43 bits per heavy atom. The van der Waals surface area contributed by atoms with Gasteiger partial charge >= 0.3 is 0 Å². The fourth-order valence-corrected chi connectivity index (χ4v) is 4.11. The van der Waals surface area contributed by atoms with E-state index in [1.54, 1.807) is 27.5 Å². The maximum absolute atomic E-state index is 5.56. The first kappa shape index (κ1) is 24.2. The van der Waals surface area contributed by atoms with E-state index in [1.165, 1.54) is 24.8 Å². The van der Waals surface area contributed by atoms with E-state index < -0.39 is 0 Å². The lowest BCUT2D eigenvalue weighted by molar-refractivity contribution is 0.288. The van der Waals surface area contributed by atoms with Crippen LogP contribution in [-0.4, -0.2) is 38.8 Å². The van der Waals surface area contributed by atoms with Crippen molar-refractivity contribution in [2.24, 2.45) is 4.99 Å². The highest BCUT2D eigenvalue weighted by atomic mass is 127. The Bertz CT molecular complexity index is 808. The number of aromatic nitrogens is 1. The summed E-state index contributed by atoms with van der Waals surface area (Å²) in [6.45, 7) is 1.47. The largest absolute Gasteiger partial charge is 0.493 e. The van der Waals surface area contributed by atoms with E-state index in [0.29, 0.717) is 6.54 Å². The summed E-state index contributed by atoms with van der Waals surface area (Å²) >= 11 is 0. The zero-order valence-electron chi connectivity index (χ0n) is 18.1.